The maximum Gasteiger partial charge on any atom is 0.102 e. The summed E-state index contributed by atoms with van der Waals surface area (Å²) in [5.41, 5.74) is 5.33. The predicted molar refractivity (Wildman–Crippen MR) is 44.9 cm³/mol. The molecule has 0 rings (SSSR count). The summed E-state index contributed by atoms with van der Waals surface area (Å²) in [5.74, 6) is 0. The van der Waals surface area contributed by atoms with Gasteiger partial charge in [-0.25, -0.2) is 4.39 Å². The lowest BCUT2D eigenvalue weighted by Gasteiger charge is -2.21. The predicted octanol–water partition coefficient (Wildman–Crippen LogP) is 0.562. The van der Waals surface area contributed by atoms with Crippen LogP contribution >= 0.6 is 12.2 Å². The fourth-order valence-corrected chi connectivity index (χ4v) is 0.724. The van der Waals surface area contributed by atoms with Crippen LogP contribution in [-0.2, 0) is 0 Å². The molecule has 0 aliphatic heterocycles. The Hall–Kier alpha value is -0.220. The van der Waals surface area contributed by atoms with Crippen molar-refractivity contribution >= 4 is 17.2 Å². The molecule has 2 nitrogen and oxygen atoms in total. The molecular weight excluding hydrogens is 151 g/mol. The summed E-state index contributed by atoms with van der Waals surface area (Å²) in [7, 11) is 1.80. The van der Waals surface area contributed by atoms with Crippen LogP contribution in [0.25, 0.3) is 0 Å². The third-order valence-electron chi connectivity index (χ3n) is 1.51. The summed E-state index contributed by atoms with van der Waals surface area (Å²) < 4.78 is 11.7. The molecule has 0 aliphatic carbocycles. The minimum atomic E-state index is -0.358. The van der Waals surface area contributed by atoms with E-state index in [1.54, 1.807) is 11.9 Å². The van der Waals surface area contributed by atoms with E-state index >= 15 is 0 Å². The third kappa shape index (κ3) is 3.08. The molecule has 1 atom stereocenters. The summed E-state index contributed by atoms with van der Waals surface area (Å²) >= 11 is 4.72. The molecule has 0 radical (unpaired) electrons. The zero-order chi connectivity index (χ0) is 8.15. The van der Waals surface area contributed by atoms with Gasteiger partial charge in [0.25, 0.3) is 0 Å². The fourth-order valence-electron chi connectivity index (χ4n) is 0.544. The van der Waals surface area contributed by atoms with Crippen LogP contribution in [-0.4, -0.2) is 36.2 Å². The number of thiocarbonyl (C=S) groups is 1. The van der Waals surface area contributed by atoms with Crippen molar-refractivity contribution < 1.29 is 4.39 Å². The lowest BCUT2D eigenvalue weighted by molar-refractivity contribution is 0.278. The van der Waals surface area contributed by atoms with Gasteiger partial charge in [0.15, 0.2) is 0 Å². The van der Waals surface area contributed by atoms with Gasteiger partial charge < -0.3 is 5.73 Å². The highest BCUT2D eigenvalue weighted by molar-refractivity contribution is 7.80. The minimum absolute atomic E-state index is 0.00856. The molecule has 0 aromatic heterocycles. The van der Waals surface area contributed by atoms with Crippen LogP contribution in [0.1, 0.15) is 6.92 Å². The lowest BCUT2D eigenvalue weighted by atomic mass is 10.3. The lowest BCUT2D eigenvalue weighted by Crippen LogP contribution is -2.40. The Morgan fingerprint density at radius 3 is 2.60 bits per heavy atom. The van der Waals surface area contributed by atoms with Crippen LogP contribution in [0, 0.1) is 0 Å². The van der Waals surface area contributed by atoms with E-state index in [-0.39, 0.29) is 12.7 Å². The first-order chi connectivity index (χ1) is 4.59. The monoisotopic (exact) mass is 164 g/mol. The van der Waals surface area contributed by atoms with Crippen molar-refractivity contribution in [1.29, 1.82) is 0 Å². The zero-order valence-electron chi connectivity index (χ0n) is 6.30. The molecule has 0 saturated heterocycles. The van der Waals surface area contributed by atoms with Crippen LogP contribution in [0.15, 0.2) is 0 Å². The van der Waals surface area contributed by atoms with Crippen molar-refractivity contribution in [2.45, 2.75) is 13.0 Å². The number of hydrogen-bond donors (Lipinski definition) is 1. The first-order valence-corrected chi connectivity index (χ1v) is 3.56. The van der Waals surface area contributed by atoms with Gasteiger partial charge in [0.2, 0.25) is 0 Å². The standard InChI is InChI=1S/C6H13FN2S/c1-5(6(8)10)9(2)4-3-7/h5H,3-4H2,1-2H3,(H2,8,10). The van der Waals surface area contributed by atoms with Gasteiger partial charge in [-0.15, -0.1) is 0 Å². The van der Waals surface area contributed by atoms with E-state index in [9.17, 15) is 4.39 Å². The van der Waals surface area contributed by atoms with Gasteiger partial charge in [0, 0.05) is 6.54 Å². The summed E-state index contributed by atoms with van der Waals surface area (Å²) in [6.07, 6.45) is 0. The summed E-state index contributed by atoms with van der Waals surface area (Å²) in [6.45, 7) is 1.89. The second kappa shape index (κ2) is 4.57. The Bertz CT molecular complexity index is 118. The zero-order valence-corrected chi connectivity index (χ0v) is 7.12. The molecule has 0 aromatic rings. The van der Waals surface area contributed by atoms with Crippen LogP contribution < -0.4 is 5.73 Å². The van der Waals surface area contributed by atoms with Gasteiger partial charge in [-0.1, -0.05) is 12.2 Å². The van der Waals surface area contributed by atoms with E-state index in [1.807, 2.05) is 6.92 Å². The topological polar surface area (TPSA) is 29.3 Å². The minimum Gasteiger partial charge on any atom is -0.392 e. The van der Waals surface area contributed by atoms with E-state index in [0.717, 1.165) is 0 Å². The maximum absolute atomic E-state index is 11.7. The van der Waals surface area contributed by atoms with Gasteiger partial charge in [0.05, 0.1) is 11.0 Å². The molecule has 0 heterocycles. The van der Waals surface area contributed by atoms with Gasteiger partial charge >= 0.3 is 0 Å². The van der Waals surface area contributed by atoms with Crippen molar-refractivity contribution in [2.75, 3.05) is 20.3 Å². The number of nitrogens with two attached hydrogens (primary N) is 1. The Kier molecular flexibility index (Phi) is 4.47. The summed E-state index contributed by atoms with van der Waals surface area (Å²) in [6, 6.07) is -0.00856. The van der Waals surface area contributed by atoms with E-state index in [0.29, 0.717) is 11.5 Å². The molecule has 10 heavy (non-hydrogen) atoms. The second-order valence-electron chi connectivity index (χ2n) is 2.25. The van der Waals surface area contributed by atoms with Crippen molar-refractivity contribution in [2.24, 2.45) is 5.73 Å². The summed E-state index contributed by atoms with van der Waals surface area (Å²) in [5, 5.41) is 0. The van der Waals surface area contributed by atoms with E-state index in [1.165, 1.54) is 0 Å². The van der Waals surface area contributed by atoms with Crippen molar-refractivity contribution in [1.82, 2.24) is 4.90 Å². The van der Waals surface area contributed by atoms with Crippen molar-refractivity contribution in [3.05, 3.63) is 0 Å². The Morgan fingerprint density at radius 2 is 2.30 bits per heavy atom. The third-order valence-corrected chi connectivity index (χ3v) is 1.85. The van der Waals surface area contributed by atoms with Crippen molar-refractivity contribution in [3.8, 4) is 0 Å². The average molecular weight is 164 g/mol. The molecule has 0 aliphatic rings. The van der Waals surface area contributed by atoms with Gasteiger partial charge in [-0.2, -0.15) is 0 Å². The van der Waals surface area contributed by atoms with Crippen LogP contribution in [0.5, 0.6) is 0 Å². The molecule has 0 amide bonds. The Morgan fingerprint density at radius 1 is 1.80 bits per heavy atom. The van der Waals surface area contributed by atoms with E-state index in [4.69, 9.17) is 18.0 Å². The molecule has 60 valence electrons. The first-order valence-electron chi connectivity index (χ1n) is 3.15. The van der Waals surface area contributed by atoms with Gasteiger partial charge in [0.1, 0.15) is 6.67 Å². The normalized spacial score (nSPS) is 13.6. The largest absolute Gasteiger partial charge is 0.392 e. The average Bonchev–Trinajstić information content (AvgIpc) is 1.87. The number of nitrogens with zero attached hydrogens (tertiary/aromatic N) is 1. The van der Waals surface area contributed by atoms with Gasteiger partial charge in [-0.3, -0.25) is 4.90 Å². The number of rotatable bonds is 4. The SMILES string of the molecule is CC(C(N)=S)N(C)CCF. The highest BCUT2D eigenvalue weighted by Gasteiger charge is 2.09. The molecule has 0 saturated carbocycles. The Balaban J connectivity index is 3.69. The molecule has 0 fully saturated rings. The molecular formula is C6H13FN2S. The number of alkyl halides is 1. The molecule has 1 unspecified atom stereocenters. The van der Waals surface area contributed by atoms with E-state index in [2.05, 4.69) is 0 Å². The smallest absolute Gasteiger partial charge is 0.102 e. The second-order valence-corrected chi connectivity index (χ2v) is 2.72. The first kappa shape index (κ1) is 9.78. The highest BCUT2D eigenvalue weighted by Crippen LogP contribution is 1.94. The molecule has 0 spiro atoms. The number of halogens is 1. The highest BCUT2D eigenvalue weighted by atomic mass is 32.1. The number of hydrogen-bond acceptors (Lipinski definition) is 2. The number of likely N-dealkylation sites (N-methyl/N-ethyl adjacent to an activating group) is 1. The maximum atomic E-state index is 11.7. The molecule has 0 bridgehead atoms. The molecule has 0 aromatic carbocycles. The molecule has 4 heteroatoms. The quantitative estimate of drug-likeness (QED) is 0.616. The Labute approximate surface area is 66.2 Å². The molecule has 2 N–H and O–H groups in total. The fraction of sp³-hybridized carbons (Fsp3) is 0.833. The van der Waals surface area contributed by atoms with Crippen LogP contribution in [0.2, 0.25) is 0 Å². The van der Waals surface area contributed by atoms with Gasteiger partial charge in [-0.05, 0) is 14.0 Å². The van der Waals surface area contributed by atoms with Crippen LogP contribution in [0.4, 0.5) is 4.39 Å². The summed E-state index contributed by atoms with van der Waals surface area (Å²) in [4.78, 5) is 2.19. The van der Waals surface area contributed by atoms with Crippen LogP contribution in [0.3, 0.4) is 0 Å². The van der Waals surface area contributed by atoms with E-state index < -0.39 is 0 Å². The van der Waals surface area contributed by atoms with Crippen molar-refractivity contribution in [3.63, 3.8) is 0 Å².